The first kappa shape index (κ1) is 13.6. The third-order valence-electron chi connectivity index (χ3n) is 3.74. The van der Waals surface area contributed by atoms with Gasteiger partial charge in [0.1, 0.15) is 5.69 Å². The Morgan fingerprint density at radius 2 is 2.29 bits per heavy atom. The summed E-state index contributed by atoms with van der Waals surface area (Å²) in [5.74, 6) is 0.938. The molecular formula is C17H18N2O2. The third-order valence-corrected chi connectivity index (χ3v) is 3.74. The molecule has 4 nitrogen and oxygen atoms in total. The predicted octanol–water partition coefficient (Wildman–Crippen LogP) is 3.31. The summed E-state index contributed by atoms with van der Waals surface area (Å²) in [6.45, 7) is 0.475. The fourth-order valence-corrected chi connectivity index (χ4v) is 2.57. The van der Waals surface area contributed by atoms with Crippen molar-refractivity contribution in [3.8, 4) is 11.5 Å². The molecule has 3 rings (SSSR count). The van der Waals surface area contributed by atoms with Crippen LogP contribution in [0.2, 0.25) is 0 Å². The largest absolute Gasteiger partial charge is 0.463 e. The van der Waals surface area contributed by atoms with Gasteiger partial charge >= 0.3 is 0 Å². The number of rotatable bonds is 4. The van der Waals surface area contributed by atoms with E-state index in [4.69, 9.17) is 4.42 Å². The van der Waals surface area contributed by atoms with Gasteiger partial charge in [-0.05, 0) is 37.5 Å². The summed E-state index contributed by atoms with van der Waals surface area (Å²) >= 11 is 0. The number of allylic oxidation sites excluding steroid dienone is 2. The zero-order valence-corrected chi connectivity index (χ0v) is 11.8. The first-order chi connectivity index (χ1) is 10.3. The molecule has 108 valence electrons. The van der Waals surface area contributed by atoms with E-state index < -0.39 is 0 Å². The normalized spacial score (nSPS) is 17.6. The number of amides is 1. The molecule has 2 aromatic heterocycles. The summed E-state index contributed by atoms with van der Waals surface area (Å²) < 4.78 is 5.40. The van der Waals surface area contributed by atoms with E-state index in [2.05, 4.69) is 22.5 Å². The minimum Gasteiger partial charge on any atom is -0.463 e. The molecule has 1 amide bonds. The minimum atomic E-state index is 0.0961. The van der Waals surface area contributed by atoms with Crippen LogP contribution in [0.5, 0.6) is 0 Å². The Hall–Kier alpha value is -2.36. The second-order valence-electron chi connectivity index (χ2n) is 5.19. The summed E-state index contributed by atoms with van der Waals surface area (Å²) in [5, 5.41) is 3.02. The second kappa shape index (κ2) is 6.39. The summed E-state index contributed by atoms with van der Waals surface area (Å²) in [6, 6.07) is 7.55. The molecule has 1 unspecified atom stereocenters. The number of hydrogen-bond donors (Lipinski definition) is 1. The predicted molar refractivity (Wildman–Crippen MR) is 80.3 cm³/mol. The van der Waals surface area contributed by atoms with Gasteiger partial charge in [-0.25, -0.2) is 0 Å². The van der Waals surface area contributed by atoms with Crippen molar-refractivity contribution in [2.45, 2.75) is 25.8 Å². The van der Waals surface area contributed by atoms with Gasteiger partial charge in [-0.15, -0.1) is 0 Å². The van der Waals surface area contributed by atoms with E-state index in [0.717, 1.165) is 36.3 Å². The highest BCUT2D eigenvalue weighted by atomic mass is 16.3. The van der Waals surface area contributed by atoms with Crippen LogP contribution >= 0.6 is 0 Å². The van der Waals surface area contributed by atoms with Gasteiger partial charge < -0.3 is 9.73 Å². The van der Waals surface area contributed by atoms with Crippen molar-refractivity contribution in [3.63, 3.8) is 0 Å². The number of pyridine rings is 1. The summed E-state index contributed by atoms with van der Waals surface area (Å²) in [4.78, 5) is 16.5. The van der Waals surface area contributed by atoms with Gasteiger partial charge in [-0.1, -0.05) is 18.2 Å². The van der Waals surface area contributed by atoms with Gasteiger partial charge in [-0.2, -0.15) is 0 Å². The second-order valence-corrected chi connectivity index (χ2v) is 5.19. The van der Waals surface area contributed by atoms with Crippen LogP contribution in [0.4, 0.5) is 0 Å². The summed E-state index contributed by atoms with van der Waals surface area (Å²) in [7, 11) is 0. The molecule has 0 fully saturated rings. The average Bonchev–Trinajstić information content (AvgIpc) is 3.08. The lowest BCUT2D eigenvalue weighted by molar-refractivity contribution is -0.125. The van der Waals surface area contributed by atoms with Crippen LogP contribution in [0.3, 0.4) is 0 Å². The van der Waals surface area contributed by atoms with Crippen molar-refractivity contribution in [1.29, 1.82) is 0 Å². The van der Waals surface area contributed by atoms with Crippen LogP contribution in [-0.2, 0) is 11.3 Å². The summed E-state index contributed by atoms with van der Waals surface area (Å²) in [5.41, 5.74) is 1.75. The van der Waals surface area contributed by atoms with Crippen molar-refractivity contribution in [2.75, 3.05) is 0 Å². The first-order valence-electron chi connectivity index (χ1n) is 7.25. The Balaban J connectivity index is 1.68. The quantitative estimate of drug-likeness (QED) is 0.875. The minimum absolute atomic E-state index is 0.0961. The molecule has 1 atom stereocenters. The summed E-state index contributed by atoms with van der Waals surface area (Å²) in [6.07, 6.45) is 10.3. The molecule has 0 saturated carbocycles. The van der Waals surface area contributed by atoms with Crippen molar-refractivity contribution in [2.24, 2.45) is 5.92 Å². The van der Waals surface area contributed by atoms with E-state index >= 15 is 0 Å². The maximum Gasteiger partial charge on any atom is 0.223 e. The SMILES string of the molecule is O=C(NCc1cccnc1-c1ccco1)C1CC=CCC1. The Bertz CT molecular complexity index is 632. The van der Waals surface area contributed by atoms with Crippen molar-refractivity contribution >= 4 is 5.91 Å². The number of hydrogen-bond acceptors (Lipinski definition) is 3. The average molecular weight is 282 g/mol. The van der Waals surface area contributed by atoms with Gasteiger partial charge in [-0.3, -0.25) is 9.78 Å². The van der Waals surface area contributed by atoms with E-state index in [-0.39, 0.29) is 11.8 Å². The van der Waals surface area contributed by atoms with Crippen molar-refractivity contribution in [1.82, 2.24) is 10.3 Å². The number of nitrogens with zero attached hydrogens (tertiary/aromatic N) is 1. The van der Waals surface area contributed by atoms with Gasteiger partial charge in [0.15, 0.2) is 5.76 Å². The molecule has 0 radical (unpaired) electrons. The topological polar surface area (TPSA) is 55.1 Å². The molecule has 0 aliphatic heterocycles. The van der Waals surface area contributed by atoms with Crippen molar-refractivity contribution in [3.05, 3.63) is 54.4 Å². The zero-order valence-electron chi connectivity index (χ0n) is 11.8. The Labute approximate surface area is 123 Å². The van der Waals surface area contributed by atoms with Crippen LogP contribution in [0.25, 0.3) is 11.5 Å². The lowest BCUT2D eigenvalue weighted by Crippen LogP contribution is -2.30. The highest BCUT2D eigenvalue weighted by Gasteiger charge is 2.19. The Morgan fingerprint density at radius 3 is 3.05 bits per heavy atom. The fourth-order valence-electron chi connectivity index (χ4n) is 2.57. The lowest BCUT2D eigenvalue weighted by atomic mass is 9.93. The van der Waals surface area contributed by atoms with E-state index in [1.165, 1.54) is 0 Å². The van der Waals surface area contributed by atoms with Gasteiger partial charge in [0, 0.05) is 24.2 Å². The molecule has 0 aromatic carbocycles. The molecule has 2 heterocycles. The molecule has 4 heteroatoms. The number of furan rings is 1. The molecule has 1 aliphatic carbocycles. The standard InChI is InChI=1S/C17H18N2O2/c20-17(13-6-2-1-3-7-13)19-12-14-8-4-10-18-16(14)15-9-5-11-21-15/h1-2,4-5,8-11,13H,3,6-7,12H2,(H,19,20). The van der Waals surface area contributed by atoms with Crippen LogP contribution in [0, 0.1) is 5.92 Å². The molecule has 1 N–H and O–H groups in total. The van der Waals surface area contributed by atoms with E-state index in [9.17, 15) is 4.79 Å². The number of aromatic nitrogens is 1. The van der Waals surface area contributed by atoms with Gasteiger partial charge in [0.2, 0.25) is 5.91 Å². The fraction of sp³-hybridized carbons (Fsp3) is 0.294. The number of nitrogens with one attached hydrogen (secondary N) is 1. The Kier molecular flexibility index (Phi) is 4.15. The van der Waals surface area contributed by atoms with E-state index in [0.29, 0.717) is 6.54 Å². The third kappa shape index (κ3) is 3.21. The Morgan fingerprint density at radius 1 is 1.33 bits per heavy atom. The van der Waals surface area contributed by atoms with E-state index in [1.54, 1.807) is 12.5 Å². The highest BCUT2D eigenvalue weighted by Crippen LogP contribution is 2.22. The maximum atomic E-state index is 12.2. The van der Waals surface area contributed by atoms with Crippen LogP contribution in [0.15, 0.2) is 53.3 Å². The highest BCUT2D eigenvalue weighted by molar-refractivity contribution is 5.79. The van der Waals surface area contributed by atoms with Crippen molar-refractivity contribution < 1.29 is 9.21 Å². The number of carbonyl (C=O) groups excluding carboxylic acids is 1. The molecule has 2 aromatic rings. The van der Waals surface area contributed by atoms with E-state index in [1.807, 2.05) is 24.3 Å². The van der Waals surface area contributed by atoms with Crippen LogP contribution in [-0.4, -0.2) is 10.9 Å². The van der Waals surface area contributed by atoms with Crippen LogP contribution in [0.1, 0.15) is 24.8 Å². The molecule has 0 bridgehead atoms. The lowest BCUT2D eigenvalue weighted by Gasteiger charge is -2.17. The number of carbonyl (C=O) groups is 1. The van der Waals surface area contributed by atoms with Crippen LogP contribution < -0.4 is 5.32 Å². The molecule has 1 aliphatic rings. The molecule has 0 spiro atoms. The van der Waals surface area contributed by atoms with Gasteiger partial charge in [0.05, 0.1) is 6.26 Å². The maximum absolute atomic E-state index is 12.2. The van der Waals surface area contributed by atoms with Gasteiger partial charge in [0.25, 0.3) is 0 Å². The smallest absolute Gasteiger partial charge is 0.223 e. The monoisotopic (exact) mass is 282 g/mol. The first-order valence-corrected chi connectivity index (χ1v) is 7.25. The molecule has 0 saturated heterocycles. The molecule has 21 heavy (non-hydrogen) atoms. The molecular weight excluding hydrogens is 264 g/mol. The zero-order chi connectivity index (χ0) is 14.5.